The minimum Gasteiger partial charge on any atom is -0.486 e. The Morgan fingerprint density at radius 1 is 1.06 bits per heavy atom. The summed E-state index contributed by atoms with van der Waals surface area (Å²) < 4.78 is 16.2. The summed E-state index contributed by atoms with van der Waals surface area (Å²) in [5, 5.41) is 4.82. The number of rotatable bonds is 6. The minimum atomic E-state index is 0.592. The maximum Gasteiger partial charge on any atom is 0.199 e. The predicted molar refractivity (Wildman–Crippen MR) is 126 cm³/mol. The maximum absolute atomic E-state index is 5.90. The van der Waals surface area contributed by atoms with Crippen LogP contribution in [0.3, 0.4) is 0 Å². The first kappa shape index (κ1) is 20.7. The molecular weight excluding hydrogens is 424 g/mol. The molecule has 0 spiro atoms. The van der Waals surface area contributed by atoms with Crippen molar-refractivity contribution in [2.24, 2.45) is 0 Å². The number of fused-ring (bicyclic) bond motifs is 1. The Balaban J connectivity index is 1.31. The quantitative estimate of drug-likeness (QED) is 0.422. The second-order valence-corrected chi connectivity index (χ2v) is 8.16. The highest BCUT2D eigenvalue weighted by atomic mass is 32.1. The Hall–Kier alpha value is -3.17. The summed E-state index contributed by atoms with van der Waals surface area (Å²) in [4.78, 5) is 8.96. The van der Waals surface area contributed by atoms with Gasteiger partial charge in [-0.3, -0.25) is 14.5 Å². The molecule has 5 rings (SSSR count). The van der Waals surface area contributed by atoms with Crippen molar-refractivity contribution in [3.05, 3.63) is 60.2 Å². The Morgan fingerprint density at radius 2 is 1.91 bits per heavy atom. The molecule has 1 aromatic carbocycles. The zero-order valence-corrected chi connectivity index (χ0v) is 18.7. The number of benzene rings is 1. The first-order valence-corrected chi connectivity index (χ1v) is 11.2. The van der Waals surface area contributed by atoms with Crippen molar-refractivity contribution < 1.29 is 9.47 Å². The lowest BCUT2D eigenvalue weighted by Gasteiger charge is -2.37. The Bertz CT molecular complexity index is 1150. The molecule has 2 aliphatic rings. The van der Waals surface area contributed by atoms with Crippen LogP contribution in [0, 0.1) is 4.77 Å². The van der Waals surface area contributed by atoms with Gasteiger partial charge in [0, 0.05) is 50.7 Å². The van der Waals surface area contributed by atoms with Gasteiger partial charge < -0.3 is 14.4 Å². The molecule has 8 nitrogen and oxygen atoms in total. The van der Waals surface area contributed by atoms with Crippen LogP contribution >= 0.6 is 12.2 Å². The normalized spacial score (nSPS) is 16.2. The molecule has 32 heavy (non-hydrogen) atoms. The fourth-order valence-corrected chi connectivity index (χ4v) is 4.42. The average Bonchev–Trinajstić information content (AvgIpc) is 3.15. The summed E-state index contributed by atoms with van der Waals surface area (Å²) in [6.45, 7) is 9.93. The predicted octanol–water partition coefficient (Wildman–Crippen LogP) is 3.21. The van der Waals surface area contributed by atoms with Gasteiger partial charge in [-0.05, 0) is 36.5 Å². The van der Waals surface area contributed by atoms with Crippen LogP contribution in [0.5, 0.6) is 11.5 Å². The van der Waals surface area contributed by atoms with E-state index in [1.807, 2.05) is 45.8 Å². The van der Waals surface area contributed by atoms with Gasteiger partial charge in [-0.2, -0.15) is 5.10 Å². The summed E-state index contributed by atoms with van der Waals surface area (Å²) in [5.74, 6) is 2.51. The van der Waals surface area contributed by atoms with E-state index in [2.05, 4.69) is 27.4 Å². The molecule has 1 saturated heterocycles. The number of hydrogen-bond donors (Lipinski definition) is 0. The van der Waals surface area contributed by atoms with Gasteiger partial charge in [0.25, 0.3) is 0 Å². The molecule has 3 aromatic rings. The highest BCUT2D eigenvalue weighted by molar-refractivity contribution is 7.71. The number of ether oxygens (including phenoxy) is 2. The van der Waals surface area contributed by atoms with E-state index >= 15 is 0 Å². The van der Waals surface area contributed by atoms with E-state index in [1.165, 1.54) is 0 Å². The van der Waals surface area contributed by atoms with E-state index in [0.717, 1.165) is 54.8 Å². The molecule has 0 radical (unpaired) electrons. The second kappa shape index (κ2) is 9.13. The number of allylic oxidation sites excluding steroid dienone is 1. The fourth-order valence-electron chi connectivity index (χ4n) is 4.16. The van der Waals surface area contributed by atoms with Gasteiger partial charge in [0.05, 0.1) is 12.4 Å². The van der Waals surface area contributed by atoms with Gasteiger partial charge >= 0.3 is 0 Å². The average molecular weight is 451 g/mol. The lowest BCUT2D eigenvalue weighted by atomic mass is 10.2. The van der Waals surface area contributed by atoms with Crippen LogP contribution in [-0.4, -0.2) is 63.6 Å². The number of para-hydroxylation sites is 1. The molecule has 1 fully saturated rings. The summed E-state index contributed by atoms with van der Waals surface area (Å²) >= 11 is 5.74. The van der Waals surface area contributed by atoms with Crippen molar-refractivity contribution in [1.29, 1.82) is 0 Å². The van der Waals surface area contributed by atoms with E-state index in [9.17, 15) is 0 Å². The van der Waals surface area contributed by atoms with E-state index in [-0.39, 0.29) is 0 Å². The first-order valence-electron chi connectivity index (χ1n) is 10.8. The van der Waals surface area contributed by atoms with Crippen LogP contribution in [0.15, 0.2) is 55.4 Å². The van der Waals surface area contributed by atoms with Gasteiger partial charge in [-0.15, -0.1) is 6.58 Å². The third kappa shape index (κ3) is 4.01. The van der Waals surface area contributed by atoms with Crippen LogP contribution in [0.1, 0.15) is 0 Å². The van der Waals surface area contributed by atoms with E-state index < -0.39 is 0 Å². The summed E-state index contributed by atoms with van der Waals surface area (Å²) in [6.07, 6.45) is 5.41. The zero-order chi connectivity index (χ0) is 21.9. The Labute approximate surface area is 192 Å². The molecule has 0 aliphatic carbocycles. The molecule has 0 N–H and O–H groups in total. The minimum absolute atomic E-state index is 0.592. The van der Waals surface area contributed by atoms with Gasteiger partial charge in [0.1, 0.15) is 13.2 Å². The molecular formula is C23H26N6O2S. The zero-order valence-electron chi connectivity index (χ0n) is 17.9. The Morgan fingerprint density at radius 3 is 2.69 bits per heavy atom. The fraction of sp³-hybridized carbons (Fsp3) is 0.348. The molecule has 4 heterocycles. The molecule has 9 heteroatoms. The maximum atomic E-state index is 5.90. The van der Waals surface area contributed by atoms with E-state index in [4.69, 9.17) is 26.8 Å². The largest absolute Gasteiger partial charge is 0.486 e. The number of piperazine rings is 1. The molecule has 0 bridgehead atoms. The molecule has 0 saturated carbocycles. The number of hydrogen-bond acceptors (Lipinski definition) is 7. The standard InChI is InChI=1S/C23H26N6O2S/c1-2-9-28-22(18-5-4-8-24-16-18)25-29(23(28)32)17-26-10-12-27(13-11-26)19-6-3-7-20-21(19)31-15-14-30-20/h2-8,16H,1,9-15,17H2. The van der Waals surface area contributed by atoms with Crippen molar-refractivity contribution >= 4 is 17.9 Å². The van der Waals surface area contributed by atoms with E-state index in [0.29, 0.717) is 31.2 Å². The highest BCUT2D eigenvalue weighted by Gasteiger charge is 2.24. The topological polar surface area (TPSA) is 60.6 Å². The molecule has 0 amide bonds. The van der Waals surface area contributed by atoms with Gasteiger partial charge in [0.2, 0.25) is 0 Å². The summed E-state index contributed by atoms with van der Waals surface area (Å²) in [5.41, 5.74) is 2.05. The molecule has 2 aliphatic heterocycles. The molecule has 0 atom stereocenters. The summed E-state index contributed by atoms with van der Waals surface area (Å²) in [7, 11) is 0. The molecule has 166 valence electrons. The number of aromatic nitrogens is 4. The summed E-state index contributed by atoms with van der Waals surface area (Å²) in [6, 6.07) is 10.0. The number of nitrogens with zero attached hydrogens (tertiary/aromatic N) is 6. The SMILES string of the molecule is C=CCn1c(-c2cccnc2)nn(CN2CCN(c3cccc4c3OCCO4)CC2)c1=S. The smallest absolute Gasteiger partial charge is 0.199 e. The van der Waals surface area contributed by atoms with Crippen LogP contribution in [0.4, 0.5) is 5.69 Å². The van der Waals surface area contributed by atoms with Crippen molar-refractivity contribution in [3.63, 3.8) is 0 Å². The number of anilines is 1. The van der Waals surface area contributed by atoms with Crippen LogP contribution in [-0.2, 0) is 13.2 Å². The third-order valence-electron chi connectivity index (χ3n) is 5.75. The lowest BCUT2D eigenvalue weighted by molar-refractivity contribution is 0.170. The number of pyridine rings is 1. The van der Waals surface area contributed by atoms with Crippen molar-refractivity contribution in [1.82, 2.24) is 24.2 Å². The van der Waals surface area contributed by atoms with Crippen LogP contribution < -0.4 is 14.4 Å². The van der Waals surface area contributed by atoms with Crippen molar-refractivity contribution in [3.8, 4) is 22.9 Å². The van der Waals surface area contributed by atoms with Crippen LogP contribution in [0.2, 0.25) is 0 Å². The molecule has 2 aromatic heterocycles. The lowest BCUT2D eigenvalue weighted by Crippen LogP contribution is -2.47. The monoisotopic (exact) mass is 450 g/mol. The first-order chi connectivity index (χ1) is 15.7. The molecule has 0 unspecified atom stereocenters. The van der Waals surface area contributed by atoms with Gasteiger partial charge in [-0.25, -0.2) is 4.68 Å². The third-order valence-corrected chi connectivity index (χ3v) is 6.18. The van der Waals surface area contributed by atoms with Gasteiger partial charge in [0.15, 0.2) is 22.1 Å². The second-order valence-electron chi connectivity index (χ2n) is 7.79. The Kier molecular flexibility index (Phi) is 5.91. The van der Waals surface area contributed by atoms with Crippen molar-refractivity contribution in [2.75, 3.05) is 44.3 Å². The van der Waals surface area contributed by atoms with Gasteiger partial charge in [-0.1, -0.05) is 12.1 Å². The van der Waals surface area contributed by atoms with E-state index in [1.54, 1.807) is 6.20 Å². The highest BCUT2D eigenvalue weighted by Crippen LogP contribution is 2.39. The van der Waals surface area contributed by atoms with Crippen molar-refractivity contribution in [2.45, 2.75) is 13.2 Å². The van der Waals surface area contributed by atoms with Crippen LogP contribution in [0.25, 0.3) is 11.4 Å².